The van der Waals surface area contributed by atoms with Crippen LogP contribution in [0.5, 0.6) is 0 Å². The standard InChI is InChI=1S/C10H11N3O5S.2ClH/c1-2-18-10(14)13-9-11-7-4-3-6(19(15,16)17)5-8(7)12-9;;/h3-5H,2H2,1H3,(H,15,16,17)(H2,11,12,13,14);2*1H. The number of benzene rings is 1. The number of amides is 1. The Labute approximate surface area is 132 Å². The smallest absolute Gasteiger partial charge is 0.413 e. The van der Waals surface area contributed by atoms with Gasteiger partial charge in [0.15, 0.2) is 0 Å². The highest BCUT2D eigenvalue weighted by Crippen LogP contribution is 2.18. The van der Waals surface area contributed by atoms with Crippen LogP contribution in [0.3, 0.4) is 0 Å². The summed E-state index contributed by atoms with van der Waals surface area (Å²) in [6.45, 7) is 1.88. The molecule has 0 bridgehead atoms. The molecule has 0 saturated carbocycles. The van der Waals surface area contributed by atoms with Crippen molar-refractivity contribution in [2.24, 2.45) is 0 Å². The first-order valence-electron chi connectivity index (χ1n) is 5.31. The first-order valence-corrected chi connectivity index (χ1v) is 6.75. The molecule has 1 amide bonds. The minimum Gasteiger partial charge on any atom is -0.450 e. The number of aromatic amines is 1. The second kappa shape index (κ2) is 7.46. The van der Waals surface area contributed by atoms with Crippen LogP contribution in [0.15, 0.2) is 23.1 Å². The van der Waals surface area contributed by atoms with Crippen molar-refractivity contribution in [1.82, 2.24) is 9.97 Å². The lowest BCUT2D eigenvalue weighted by Gasteiger charge is -2.00. The van der Waals surface area contributed by atoms with E-state index in [0.717, 1.165) is 0 Å². The van der Waals surface area contributed by atoms with Crippen LogP contribution in [0.1, 0.15) is 6.92 Å². The minimum absolute atomic E-state index is 0. The molecule has 118 valence electrons. The van der Waals surface area contributed by atoms with Crippen LogP contribution in [0.4, 0.5) is 10.7 Å². The van der Waals surface area contributed by atoms with Gasteiger partial charge in [0, 0.05) is 0 Å². The zero-order valence-corrected chi connectivity index (χ0v) is 13.1. The van der Waals surface area contributed by atoms with E-state index < -0.39 is 16.2 Å². The molecule has 0 aliphatic carbocycles. The molecule has 3 N–H and O–H groups in total. The van der Waals surface area contributed by atoms with Crippen molar-refractivity contribution < 1.29 is 22.5 Å². The SMILES string of the molecule is CCOC(=O)Nc1nc2cc(S(=O)(=O)O)ccc2[nH]1.Cl.Cl. The molecule has 11 heteroatoms. The van der Waals surface area contributed by atoms with Gasteiger partial charge in [0.25, 0.3) is 10.1 Å². The normalized spacial score (nSPS) is 10.4. The summed E-state index contributed by atoms with van der Waals surface area (Å²) in [5.41, 5.74) is 0.807. The van der Waals surface area contributed by atoms with Crippen molar-refractivity contribution in [1.29, 1.82) is 0 Å². The molecule has 0 spiro atoms. The lowest BCUT2D eigenvalue weighted by atomic mass is 10.3. The van der Waals surface area contributed by atoms with Gasteiger partial charge in [0.1, 0.15) is 0 Å². The van der Waals surface area contributed by atoms with E-state index in [1.807, 2.05) is 0 Å². The van der Waals surface area contributed by atoms with Gasteiger partial charge < -0.3 is 9.72 Å². The largest absolute Gasteiger partial charge is 0.450 e. The lowest BCUT2D eigenvalue weighted by molar-refractivity contribution is 0.167. The Bertz CT molecular complexity index is 731. The number of carbonyl (C=O) groups excluding carboxylic acids is 1. The summed E-state index contributed by atoms with van der Waals surface area (Å²) in [7, 11) is -4.28. The predicted octanol–water partition coefficient (Wildman–Crippen LogP) is 2.22. The van der Waals surface area contributed by atoms with E-state index in [0.29, 0.717) is 11.0 Å². The second-order valence-electron chi connectivity index (χ2n) is 3.58. The van der Waals surface area contributed by atoms with Gasteiger partial charge in [0.2, 0.25) is 5.95 Å². The van der Waals surface area contributed by atoms with E-state index in [-0.39, 0.29) is 42.3 Å². The third-order valence-corrected chi connectivity index (χ3v) is 3.10. The van der Waals surface area contributed by atoms with Crippen LogP contribution < -0.4 is 5.32 Å². The van der Waals surface area contributed by atoms with E-state index in [1.165, 1.54) is 18.2 Å². The molecule has 0 aliphatic heterocycles. The molecule has 0 aliphatic rings. The summed E-state index contributed by atoms with van der Waals surface area (Å²) < 4.78 is 35.5. The molecule has 1 aromatic heterocycles. The van der Waals surface area contributed by atoms with E-state index in [4.69, 9.17) is 4.55 Å². The molecule has 8 nitrogen and oxygen atoms in total. The van der Waals surface area contributed by atoms with E-state index in [9.17, 15) is 13.2 Å². The van der Waals surface area contributed by atoms with Crippen LogP contribution in [0, 0.1) is 0 Å². The molecule has 0 radical (unpaired) electrons. The van der Waals surface area contributed by atoms with Gasteiger partial charge in [-0.05, 0) is 25.1 Å². The molecule has 21 heavy (non-hydrogen) atoms. The summed E-state index contributed by atoms with van der Waals surface area (Å²) >= 11 is 0. The number of nitrogens with zero attached hydrogens (tertiary/aromatic N) is 1. The third-order valence-electron chi connectivity index (χ3n) is 2.25. The maximum absolute atomic E-state index is 11.2. The van der Waals surface area contributed by atoms with Crippen LogP contribution in [0.2, 0.25) is 0 Å². The third kappa shape index (κ3) is 4.74. The second-order valence-corrected chi connectivity index (χ2v) is 5.01. The van der Waals surface area contributed by atoms with Crippen molar-refractivity contribution in [3.8, 4) is 0 Å². The average molecular weight is 358 g/mol. The van der Waals surface area contributed by atoms with Gasteiger partial charge in [0.05, 0.1) is 22.5 Å². The Morgan fingerprint density at radius 3 is 2.67 bits per heavy atom. The van der Waals surface area contributed by atoms with E-state index >= 15 is 0 Å². The first-order chi connectivity index (χ1) is 8.90. The number of nitrogens with one attached hydrogen (secondary N) is 2. The zero-order valence-electron chi connectivity index (χ0n) is 10.7. The predicted molar refractivity (Wildman–Crippen MR) is 81.0 cm³/mol. The molecule has 2 aromatic rings. The van der Waals surface area contributed by atoms with Gasteiger partial charge in [-0.1, -0.05) is 0 Å². The average Bonchev–Trinajstić information content (AvgIpc) is 2.68. The maximum Gasteiger partial charge on any atom is 0.413 e. The molecular formula is C10H13Cl2N3O5S. The van der Waals surface area contributed by atoms with Crippen LogP contribution >= 0.6 is 24.8 Å². The number of H-pyrrole nitrogens is 1. The number of aromatic nitrogens is 2. The summed E-state index contributed by atoms with van der Waals surface area (Å²) in [4.78, 5) is 17.6. The molecule has 0 fully saturated rings. The molecule has 2 rings (SSSR count). The fourth-order valence-corrected chi connectivity index (χ4v) is 1.97. The number of halogens is 2. The maximum atomic E-state index is 11.2. The Kier molecular flexibility index (Phi) is 6.91. The highest BCUT2D eigenvalue weighted by Gasteiger charge is 2.13. The van der Waals surface area contributed by atoms with Crippen molar-refractivity contribution in [3.05, 3.63) is 18.2 Å². The Balaban J connectivity index is 0.00000200. The summed E-state index contributed by atoms with van der Waals surface area (Å²) in [5, 5.41) is 2.35. The number of rotatable bonds is 3. The Hall–Kier alpha value is -1.55. The van der Waals surface area contributed by atoms with Gasteiger partial charge in [-0.2, -0.15) is 8.42 Å². The van der Waals surface area contributed by atoms with E-state index in [1.54, 1.807) is 6.92 Å². The molecular weight excluding hydrogens is 345 g/mol. The Morgan fingerprint density at radius 2 is 2.10 bits per heavy atom. The Morgan fingerprint density at radius 1 is 1.43 bits per heavy atom. The molecule has 0 saturated heterocycles. The number of imidazole rings is 1. The number of hydrogen-bond donors (Lipinski definition) is 3. The number of hydrogen-bond acceptors (Lipinski definition) is 5. The summed E-state index contributed by atoms with van der Waals surface area (Å²) in [6, 6.07) is 3.85. The van der Waals surface area contributed by atoms with Crippen LogP contribution in [-0.4, -0.2) is 35.6 Å². The van der Waals surface area contributed by atoms with Crippen molar-refractivity contribution >= 4 is 58.0 Å². The van der Waals surface area contributed by atoms with Crippen molar-refractivity contribution in [3.63, 3.8) is 0 Å². The number of ether oxygens (including phenoxy) is 1. The van der Waals surface area contributed by atoms with Crippen LogP contribution in [0.25, 0.3) is 11.0 Å². The zero-order chi connectivity index (χ0) is 14.0. The highest BCUT2D eigenvalue weighted by molar-refractivity contribution is 7.85. The monoisotopic (exact) mass is 357 g/mol. The lowest BCUT2D eigenvalue weighted by Crippen LogP contribution is -2.14. The van der Waals surface area contributed by atoms with Gasteiger partial charge in [-0.25, -0.2) is 9.78 Å². The van der Waals surface area contributed by atoms with Gasteiger partial charge in [-0.15, -0.1) is 24.8 Å². The fraction of sp³-hybridized carbons (Fsp3) is 0.200. The number of carbonyl (C=O) groups is 1. The molecule has 1 aromatic carbocycles. The number of fused-ring (bicyclic) bond motifs is 1. The topological polar surface area (TPSA) is 121 Å². The number of anilines is 1. The molecule has 1 heterocycles. The van der Waals surface area contributed by atoms with Gasteiger partial charge >= 0.3 is 6.09 Å². The van der Waals surface area contributed by atoms with E-state index in [2.05, 4.69) is 20.0 Å². The van der Waals surface area contributed by atoms with Crippen molar-refractivity contribution in [2.75, 3.05) is 11.9 Å². The quantitative estimate of drug-likeness (QED) is 0.724. The molecule has 0 unspecified atom stereocenters. The van der Waals surface area contributed by atoms with Crippen molar-refractivity contribution in [2.45, 2.75) is 11.8 Å². The summed E-state index contributed by atoms with van der Waals surface area (Å²) in [5.74, 6) is 0.126. The fourth-order valence-electron chi connectivity index (χ4n) is 1.47. The molecule has 0 atom stereocenters. The first kappa shape index (κ1) is 19.4. The minimum atomic E-state index is -4.28. The highest BCUT2D eigenvalue weighted by atomic mass is 35.5. The van der Waals surface area contributed by atoms with Gasteiger partial charge in [-0.3, -0.25) is 9.87 Å². The summed E-state index contributed by atoms with van der Waals surface area (Å²) in [6.07, 6.45) is -0.670. The van der Waals surface area contributed by atoms with Crippen LogP contribution in [-0.2, 0) is 14.9 Å².